The summed E-state index contributed by atoms with van der Waals surface area (Å²) < 4.78 is 25.8. The average Bonchev–Trinajstić information content (AvgIpc) is 3.27. The molecule has 1 N–H and O–H groups in total. The molecule has 0 radical (unpaired) electrons. The van der Waals surface area contributed by atoms with Gasteiger partial charge < -0.3 is 5.11 Å². The van der Waals surface area contributed by atoms with E-state index in [1.807, 2.05) is 31.2 Å². The Balaban J connectivity index is 2.07. The summed E-state index contributed by atoms with van der Waals surface area (Å²) in [6.45, 7) is 1.47. The third kappa shape index (κ3) is 2.35. The number of aliphatic hydroxyl groups excluding tert-OH is 1. The van der Waals surface area contributed by atoms with E-state index in [4.69, 9.17) is 0 Å². The second kappa shape index (κ2) is 5.48. The van der Waals surface area contributed by atoms with Crippen LogP contribution in [0.5, 0.6) is 0 Å². The van der Waals surface area contributed by atoms with Crippen LogP contribution in [0.15, 0.2) is 59.5 Å². The van der Waals surface area contributed by atoms with Gasteiger partial charge in [0.1, 0.15) is 5.41 Å². The molecular formula is C18H17NO3S. The first-order chi connectivity index (χ1) is 11.0. The average molecular weight is 327 g/mol. The molecule has 3 atom stereocenters. The minimum Gasteiger partial charge on any atom is -0.395 e. The molecule has 2 aromatic rings. The van der Waals surface area contributed by atoms with Crippen molar-refractivity contribution in [2.24, 2.45) is 5.41 Å². The van der Waals surface area contributed by atoms with E-state index < -0.39 is 33.0 Å². The molecule has 1 fully saturated rings. The smallest absolute Gasteiger partial charge is 0.183 e. The Bertz CT molecular complexity index is 853. The van der Waals surface area contributed by atoms with Crippen LogP contribution in [-0.2, 0) is 9.84 Å². The highest BCUT2D eigenvalue weighted by molar-refractivity contribution is 7.92. The summed E-state index contributed by atoms with van der Waals surface area (Å²) in [4.78, 5) is 0.188. The maximum Gasteiger partial charge on any atom is 0.183 e. The first-order valence-corrected chi connectivity index (χ1v) is 8.89. The van der Waals surface area contributed by atoms with Gasteiger partial charge in [0.05, 0.1) is 22.8 Å². The molecule has 0 aromatic heterocycles. The number of nitrogens with zero attached hydrogens (tertiary/aromatic N) is 1. The molecule has 1 aliphatic rings. The highest BCUT2D eigenvalue weighted by atomic mass is 32.2. The van der Waals surface area contributed by atoms with Crippen LogP contribution in [0.2, 0.25) is 0 Å². The summed E-state index contributed by atoms with van der Waals surface area (Å²) in [7, 11) is -3.69. The molecule has 0 amide bonds. The third-order valence-corrected chi connectivity index (χ3v) is 6.86. The van der Waals surface area contributed by atoms with E-state index in [9.17, 15) is 18.8 Å². The molecule has 3 rings (SSSR count). The number of hydrogen-bond donors (Lipinski definition) is 1. The lowest BCUT2D eigenvalue weighted by atomic mass is 10.0. The summed E-state index contributed by atoms with van der Waals surface area (Å²) in [5.74, 6) is -0.511. The van der Waals surface area contributed by atoms with Gasteiger partial charge in [0.15, 0.2) is 9.84 Å². The Kier molecular flexibility index (Phi) is 3.75. The van der Waals surface area contributed by atoms with E-state index in [0.717, 1.165) is 11.1 Å². The van der Waals surface area contributed by atoms with Gasteiger partial charge in [-0.05, 0) is 24.6 Å². The Morgan fingerprint density at radius 2 is 1.74 bits per heavy atom. The van der Waals surface area contributed by atoms with Gasteiger partial charge >= 0.3 is 0 Å². The fraction of sp³-hybridized carbons (Fsp3) is 0.278. The number of benzene rings is 2. The molecule has 2 aromatic carbocycles. The minimum atomic E-state index is -3.69. The van der Waals surface area contributed by atoms with Gasteiger partial charge in [-0.1, -0.05) is 48.0 Å². The monoisotopic (exact) mass is 327 g/mol. The van der Waals surface area contributed by atoms with Crippen molar-refractivity contribution in [1.29, 1.82) is 5.26 Å². The van der Waals surface area contributed by atoms with Crippen LogP contribution in [-0.4, -0.2) is 25.4 Å². The lowest BCUT2D eigenvalue weighted by molar-refractivity contribution is 0.242. The van der Waals surface area contributed by atoms with Crippen LogP contribution in [0.25, 0.3) is 0 Å². The molecule has 1 saturated carbocycles. The highest BCUT2D eigenvalue weighted by Crippen LogP contribution is 2.63. The van der Waals surface area contributed by atoms with Gasteiger partial charge in [-0.15, -0.1) is 0 Å². The van der Waals surface area contributed by atoms with Gasteiger partial charge in [-0.3, -0.25) is 0 Å². The zero-order valence-electron chi connectivity index (χ0n) is 12.7. The van der Waals surface area contributed by atoms with Gasteiger partial charge in [0, 0.05) is 5.92 Å². The van der Waals surface area contributed by atoms with Gasteiger partial charge in [-0.2, -0.15) is 5.26 Å². The third-order valence-electron chi connectivity index (χ3n) is 4.57. The Labute approximate surface area is 135 Å². The first-order valence-electron chi connectivity index (χ1n) is 7.35. The lowest BCUT2D eigenvalue weighted by Gasteiger charge is -2.05. The van der Waals surface area contributed by atoms with E-state index in [-0.39, 0.29) is 4.90 Å². The maximum atomic E-state index is 12.9. The summed E-state index contributed by atoms with van der Waals surface area (Å²) >= 11 is 0. The molecule has 4 nitrogen and oxygen atoms in total. The van der Waals surface area contributed by atoms with Crippen molar-refractivity contribution in [1.82, 2.24) is 0 Å². The molecular weight excluding hydrogens is 310 g/mol. The molecule has 23 heavy (non-hydrogen) atoms. The fourth-order valence-electron chi connectivity index (χ4n) is 3.22. The lowest BCUT2D eigenvalue weighted by Crippen LogP contribution is -2.18. The predicted molar refractivity (Wildman–Crippen MR) is 86.5 cm³/mol. The maximum absolute atomic E-state index is 12.9. The van der Waals surface area contributed by atoms with Crippen molar-refractivity contribution in [3.05, 3.63) is 65.7 Å². The van der Waals surface area contributed by atoms with Crippen LogP contribution in [0.4, 0.5) is 0 Å². The topological polar surface area (TPSA) is 78.2 Å². The molecule has 0 unspecified atom stereocenters. The molecule has 5 heteroatoms. The summed E-state index contributed by atoms with van der Waals surface area (Å²) in [5, 5.41) is 18.4. The van der Waals surface area contributed by atoms with Gasteiger partial charge in [0.2, 0.25) is 0 Å². The molecule has 0 spiro atoms. The summed E-state index contributed by atoms with van der Waals surface area (Å²) in [5.41, 5.74) is 0.559. The van der Waals surface area contributed by atoms with Crippen molar-refractivity contribution in [2.75, 3.05) is 6.61 Å². The van der Waals surface area contributed by atoms with Crippen LogP contribution in [0.3, 0.4) is 0 Å². The number of nitriles is 1. The van der Waals surface area contributed by atoms with Crippen molar-refractivity contribution in [3.63, 3.8) is 0 Å². The van der Waals surface area contributed by atoms with Crippen LogP contribution >= 0.6 is 0 Å². The zero-order valence-corrected chi connectivity index (χ0v) is 13.5. The minimum absolute atomic E-state index is 0.188. The number of hydrogen-bond acceptors (Lipinski definition) is 4. The normalized spacial score (nSPS) is 26.5. The van der Waals surface area contributed by atoms with Crippen LogP contribution in [0, 0.1) is 23.7 Å². The molecule has 1 aliphatic carbocycles. The van der Waals surface area contributed by atoms with Crippen molar-refractivity contribution >= 4 is 9.84 Å². The van der Waals surface area contributed by atoms with Crippen molar-refractivity contribution < 1.29 is 13.5 Å². The number of rotatable bonds is 4. The number of aliphatic hydroxyl groups is 1. The SMILES string of the molecule is Cc1ccc([C@H]2[C@@H](S(=O)(=O)c3ccccc3)[C@@]2(C#N)CO)cc1. The first kappa shape index (κ1) is 15.7. The van der Waals surface area contributed by atoms with Crippen LogP contribution < -0.4 is 0 Å². The van der Waals surface area contributed by atoms with E-state index in [0.29, 0.717) is 0 Å². The zero-order chi connectivity index (χ0) is 16.7. The van der Waals surface area contributed by atoms with Gasteiger partial charge in [0.25, 0.3) is 0 Å². The fourth-order valence-corrected chi connectivity index (χ4v) is 5.56. The Morgan fingerprint density at radius 1 is 1.13 bits per heavy atom. The highest BCUT2D eigenvalue weighted by Gasteiger charge is 2.72. The molecule has 0 saturated heterocycles. The van der Waals surface area contributed by atoms with Crippen molar-refractivity contribution in [2.45, 2.75) is 23.0 Å². The molecule has 0 heterocycles. The number of aryl methyl sites for hydroxylation is 1. The number of sulfone groups is 1. The molecule has 0 bridgehead atoms. The Morgan fingerprint density at radius 3 is 2.26 bits per heavy atom. The molecule has 0 aliphatic heterocycles. The quantitative estimate of drug-likeness (QED) is 0.935. The van der Waals surface area contributed by atoms with E-state index in [2.05, 4.69) is 6.07 Å². The van der Waals surface area contributed by atoms with E-state index in [1.54, 1.807) is 18.2 Å². The summed E-state index contributed by atoms with van der Waals surface area (Å²) in [6.07, 6.45) is 0. The summed E-state index contributed by atoms with van der Waals surface area (Å²) in [6, 6.07) is 17.6. The van der Waals surface area contributed by atoms with Crippen LogP contribution in [0.1, 0.15) is 17.0 Å². The largest absolute Gasteiger partial charge is 0.395 e. The second-order valence-corrected chi connectivity index (χ2v) is 8.05. The second-order valence-electron chi connectivity index (χ2n) is 5.98. The predicted octanol–water partition coefficient (Wildman–Crippen LogP) is 2.44. The van der Waals surface area contributed by atoms with Crippen molar-refractivity contribution in [3.8, 4) is 6.07 Å². The van der Waals surface area contributed by atoms with E-state index >= 15 is 0 Å². The van der Waals surface area contributed by atoms with Gasteiger partial charge in [-0.25, -0.2) is 8.42 Å². The Hall–Kier alpha value is -2.16. The van der Waals surface area contributed by atoms with E-state index in [1.165, 1.54) is 12.1 Å². The molecule has 118 valence electrons. The standard InChI is InChI=1S/C18H17NO3S/c1-13-7-9-14(10-8-13)16-17(18(16,11-19)12-20)23(21,22)15-5-3-2-4-6-15/h2-10,16-17,20H,12H2,1H3/t16-,17+,18-/m0/s1.